The molecule has 1 N–H and O–H groups in total. The van der Waals surface area contributed by atoms with E-state index in [1.54, 1.807) is 11.3 Å². The zero-order chi connectivity index (χ0) is 20.3. The minimum absolute atomic E-state index is 0.157. The van der Waals surface area contributed by atoms with E-state index in [4.69, 9.17) is 4.42 Å². The van der Waals surface area contributed by atoms with Crippen molar-refractivity contribution in [3.05, 3.63) is 75.2 Å². The summed E-state index contributed by atoms with van der Waals surface area (Å²) in [5, 5.41) is 9.32. The van der Waals surface area contributed by atoms with E-state index in [0.717, 1.165) is 19.4 Å². The molecule has 0 amide bonds. The average molecular weight is 398 g/mol. The molecule has 0 radical (unpaired) electrons. The number of rotatable bonds is 6. The largest absolute Gasteiger partial charge is 0.502 e. The van der Waals surface area contributed by atoms with Gasteiger partial charge in [0.05, 0.1) is 6.54 Å². The van der Waals surface area contributed by atoms with E-state index in [1.165, 1.54) is 26.9 Å². The Hall–Kier alpha value is -2.37. The van der Waals surface area contributed by atoms with Crippen molar-refractivity contribution in [3.8, 4) is 16.2 Å². The molecule has 0 fully saturated rings. The molecule has 0 aliphatic rings. The highest BCUT2D eigenvalue weighted by atomic mass is 32.1. The topological polar surface area (TPSA) is 53.7 Å². The molecule has 0 saturated carbocycles. The van der Waals surface area contributed by atoms with Gasteiger partial charge < -0.3 is 9.52 Å². The van der Waals surface area contributed by atoms with Gasteiger partial charge in [0.1, 0.15) is 12.0 Å². The molecule has 0 bridgehead atoms. The lowest BCUT2D eigenvalue weighted by molar-refractivity contribution is 0.245. The molecular formula is C23H27NO3S. The van der Waals surface area contributed by atoms with Crippen LogP contribution in [0.5, 0.6) is 5.75 Å². The minimum atomic E-state index is -0.408. The van der Waals surface area contributed by atoms with E-state index in [0.29, 0.717) is 12.3 Å². The first kappa shape index (κ1) is 20.4. The maximum absolute atomic E-state index is 11.6. The highest BCUT2D eigenvalue weighted by molar-refractivity contribution is 7.15. The summed E-state index contributed by atoms with van der Waals surface area (Å²) in [5.74, 6) is 0.200. The van der Waals surface area contributed by atoms with Gasteiger partial charge in [-0.05, 0) is 35.2 Å². The van der Waals surface area contributed by atoms with E-state index in [-0.39, 0.29) is 11.2 Å². The zero-order valence-electron chi connectivity index (χ0n) is 16.9. The molecule has 3 aromatic rings. The van der Waals surface area contributed by atoms with E-state index >= 15 is 0 Å². The third kappa shape index (κ3) is 4.91. The number of hydrogen-bond donors (Lipinski definition) is 1. The fraction of sp³-hybridized carbons (Fsp3) is 0.348. The van der Waals surface area contributed by atoms with Gasteiger partial charge in [0.2, 0.25) is 5.43 Å². The van der Waals surface area contributed by atoms with Crippen LogP contribution < -0.4 is 5.43 Å². The summed E-state index contributed by atoms with van der Waals surface area (Å²) in [6.07, 6.45) is 1.11. The second-order valence-electron chi connectivity index (χ2n) is 7.99. The fourth-order valence-electron chi connectivity index (χ4n) is 3.00. The number of nitrogens with zero attached hydrogens (tertiary/aromatic N) is 1. The van der Waals surface area contributed by atoms with E-state index in [2.05, 4.69) is 69.0 Å². The van der Waals surface area contributed by atoms with Gasteiger partial charge in [0.15, 0.2) is 5.75 Å². The van der Waals surface area contributed by atoms with Crippen molar-refractivity contribution in [1.82, 2.24) is 4.90 Å². The Labute approximate surface area is 170 Å². The van der Waals surface area contributed by atoms with E-state index in [1.807, 2.05) is 0 Å². The molecule has 2 aromatic heterocycles. The summed E-state index contributed by atoms with van der Waals surface area (Å²) in [6, 6.07) is 14.5. The van der Waals surface area contributed by atoms with Gasteiger partial charge in [-0.15, -0.1) is 11.3 Å². The van der Waals surface area contributed by atoms with E-state index < -0.39 is 5.43 Å². The SMILES string of the molecule is CCN(Cc1cc(=O)c(O)co1)Cc1ccc(-c2ccc(C(C)(C)C)cc2)s1. The second-order valence-corrected chi connectivity index (χ2v) is 9.16. The van der Waals surface area contributed by atoms with Crippen LogP contribution in [0.3, 0.4) is 0 Å². The molecule has 0 unspecified atom stereocenters. The summed E-state index contributed by atoms with van der Waals surface area (Å²) in [4.78, 5) is 16.3. The highest BCUT2D eigenvalue weighted by Gasteiger charge is 2.14. The molecule has 3 rings (SSSR count). The fourth-order valence-corrected chi connectivity index (χ4v) is 4.06. The van der Waals surface area contributed by atoms with Gasteiger partial charge >= 0.3 is 0 Å². The Balaban J connectivity index is 1.70. The molecule has 1 aromatic carbocycles. The minimum Gasteiger partial charge on any atom is -0.502 e. The Morgan fingerprint density at radius 2 is 1.79 bits per heavy atom. The van der Waals surface area contributed by atoms with Gasteiger partial charge in [-0.1, -0.05) is 52.0 Å². The predicted molar refractivity (Wildman–Crippen MR) is 115 cm³/mol. The zero-order valence-corrected chi connectivity index (χ0v) is 17.7. The van der Waals surface area contributed by atoms with Crippen LogP contribution in [0.15, 0.2) is 57.9 Å². The molecule has 0 spiro atoms. The lowest BCUT2D eigenvalue weighted by atomic mass is 9.86. The second kappa shape index (κ2) is 8.33. The Morgan fingerprint density at radius 1 is 1.07 bits per heavy atom. The summed E-state index contributed by atoms with van der Waals surface area (Å²) < 4.78 is 5.33. The van der Waals surface area contributed by atoms with Crippen LogP contribution in [0.25, 0.3) is 10.4 Å². The average Bonchev–Trinajstić information content (AvgIpc) is 3.12. The van der Waals surface area contributed by atoms with Crippen LogP contribution in [0, 0.1) is 0 Å². The van der Waals surface area contributed by atoms with Crippen LogP contribution in [0.4, 0.5) is 0 Å². The quantitative estimate of drug-likeness (QED) is 0.606. The summed E-state index contributed by atoms with van der Waals surface area (Å²) in [6.45, 7) is 10.9. The molecule has 2 heterocycles. The Bertz CT molecular complexity index is 980. The first-order chi connectivity index (χ1) is 13.3. The Morgan fingerprint density at radius 3 is 2.39 bits per heavy atom. The molecular weight excluding hydrogens is 370 g/mol. The maximum atomic E-state index is 11.6. The lowest BCUT2D eigenvalue weighted by Gasteiger charge is -2.19. The summed E-state index contributed by atoms with van der Waals surface area (Å²) >= 11 is 1.79. The first-order valence-corrected chi connectivity index (χ1v) is 10.3. The molecule has 0 aliphatic carbocycles. The molecule has 28 heavy (non-hydrogen) atoms. The number of aromatic hydroxyl groups is 1. The first-order valence-electron chi connectivity index (χ1n) is 9.49. The third-order valence-electron chi connectivity index (χ3n) is 4.77. The van der Waals surface area contributed by atoms with Crippen LogP contribution >= 0.6 is 11.3 Å². The number of hydrogen-bond acceptors (Lipinski definition) is 5. The normalized spacial score (nSPS) is 11.9. The molecule has 5 heteroatoms. The van der Waals surface area contributed by atoms with Crippen LogP contribution in [0.1, 0.15) is 43.9 Å². The molecule has 0 atom stereocenters. The van der Waals surface area contributed by atoms with Crippen LogP contribution in [0.2, 0.25) is 0 Å². The summed E-state index contributed by atoms with van der Waals surface area (Å²) in [7, 11) is 0. The standard InChI is InChI=1S/C23H27NO3S/c1-5-24(13-18-12-20(25)21(26)15-27-18)14-19-10-11-22(28-19)16-6-8-17(9-7-16)23(2,3)4/h6-12,15,26H,5,13-14H2,1-4H3. The molecule has 4 nitrogen and oxygen atoms in total. The Kier molecular flexibility index (Phi) is 6.06. The molecule has 0 saturated heterocycles. The van der Waals surface area contributed by atoms with Gasteiger partial charge in [0.25, 0.3) is 0 Å². The van der Waals surface area contributed by atoms with Crippen LogP contribution in [-0.2, 0) is 18.5 Å². The van der Waals surface area contributed by atoms with Crippen molar-refractivity contribution in [1.29, 1.82) is 0 Å². The smallest absolute Gasteiger partial charge is 0.226 e. The highest BCUT2D eigenvalue weighted by Crippen LogP contribution is 2.31. The maximum Gasteiger partial charge on any atom is 0.226 e. The van der Waals surface area contributed by atoms with Gasteiger partial charge in [0, 0.05) is 22.4 Å². The van der Waals surface area contributed by atoms with Crippen molar-refractivity contribution in [3.63, 3.8) is 0 Å². The van der Waals surface area contributed by atoms with Crippen molar-refractivity contribution in [2.24, 2.45) is 0 Å². The van der Waals surface area contributed by atoms with Crippen LogP contribution in [-0.4, -0.2) is 16.6 Å². The van der Waals surface area contributed by atoms with Gasteiger partial charge in [-0.25, -0.2) is 0 Å². The van der Waals surface area contributed by atoms with Crippen molar-refractivity contribution in [2.45, 2.75) is 46.2 Å². The van der Waals surface area contributed by atoms with E-state index in [9.17, 15) is 9.90 Å². The monoisotopic (exact) mass is 397 g/mol. The van der Waals surface area contributed by atoms with Crippen molar-refractivity contribution < 1.29 is 9.52 Å². The number of benzene rings is 1. The number of thiophene rings is 1. The van der Waals surface area contributed by atoms with Crippen molar-refractivity contribution >= 4 is 11.3 Å². The molecule has 148 valence electrons. The third-order valence-corrected chi connectivity index (χ3v) is 5.89. The van der Waals surface area contributed by atoms with Crippen molar-refractivity contribution in [2.75, 3.05) is 6.54 Å². The summed E-state index contributed by atoms with van der Waals surface area (Å²) in [5.41, 5.74) is 2.32. The van der Waals surface area contributed by atoms with Gasteiger partial charge in [-0.3, -0.25) is 9.69 Å². The predicted octanol–water partition coefficient (Wildman–Crippen LogP) is 5.39. The molecule has 0 aliphatic heterocycles. The van der Waals surface area contributed by atoms with Gasteiger partial charge in [-0.2, -0.15) is 0 Å². The lowest BCUT2D eigenvalue weighted by Crippen LogP contribution is -2.22.